The van der Waals surface area contributed by atoms with Gasteiger partial charge >= 0.3 is 0 Å². The Morgan fingerprint density at radius 1 is 0.892 bits per heavy atom. The molecular weight excluding hydrogens is 464 g/mol. The van der Waals surface area contributed by atoms with Crippen LogP contribution in [-0.4, -0.2) is 48.5 Å². The lowest BCUT2D eigenvalue weighted by Gasteiger charge is -2.40. The minimum Gasteiger partial charge on any atom is -0.494 e. The SMILES string of the molecule is COC1(COc2ccc(C)cc2C)CCN(Cc2ccc(OCCCn3cc(C)ccc3=O)cc2)CC1. The van der Waals surface area contributed by atoms with Crippen LogP contribution >= 0.6 is 0 Å². The lowest BCUT2D eigenvalue weighted by Crippen LogP contribution is -2.48. The first-order chi connectivity index (χ1) is 17.9. The molecule has 1 aliphatic heterocycles. The summed E-state index contributed by atoms with van der Waals surface area (Å²) in [6.07, 6.45) is 4.57. The molecule has 0 amide bonds. The van der Waals surface area contributed by atoms with E-state index in [9.17, 15) is 4.79 Å². The third kappa shape index (κ3) is 7.46. The maximum absolute atomic E-state index is 11.9. The first-order valence-corrected chi connectivity index (χ1v) is 13.2. The van der Waals surface area contributed by atoms with E-state index in [0.717, 1.165) is 61.5 Å². The van der Waals surface area contributed by atoms with Gasteiger partial charge in [-0.25, -0.2) is 0 Å². The normalized spacial score (nSPS) is 15.5. The lowest BCUT2D eigenvalue weighted by atomic mass is 9.91. The highest BCUT2D eigenvalue weighted by molar-refractivity contribution is 5.35. The predicted molar refractivity (Wildman–Crippen MR) is 148 cm³/mol. The average molecular weight is 505 g/mol. The molecule has 2 aromatic carbocycles. The lowest BCUT2D eigenvalue weighted by molar-refractivity contribution is -0.0840. The van der Waals surface area contributed by atoms with Crippen molar-refractivity contribution in [2.75, 3.05) is 33.4 Å². The van der Waals surface area contributed by atoms with Crippen molar-refractivity contribution in [3.8, 4) is 11.5 Å². The Bertz CT molecular complexity index is 1210. The molecule has 6 nitrogen and oxygen atoms in total. The molecule has 0 aliphatic carbocycles. The van der Waals surface area contributed by atoms with Gasteiger partial charge in [-0.3, -0.25) is 9.69 Å². The van der Waals surface area contributed by atoms with E-state index in [1.807, 2.05) is 31.3 Å². The fraction of sp³-hybridized carbons (Fsp3) is 0.452. The molecule has 198 valence electrons. The Morgan fingerprint density at radius 2 is 1.62 bits per heavy atom. The van der Waals surface area contributed by atoms with Crippen molar-refractivity contribution in [1.82, 2.24) is 9.47 Å². The van der Waals surface area contributed by atoms with Gasteiger partial charge in [0.2, 0.25) is 0 Å². The van der Waals surface area contributed by atoms with E-state index in [4.69, 9.17) is 14.2 Å². The van der Waals surface area contributed by atoms with Crippen LogP contribution in [0.3, 0.4) is 0 Å². The number of benzene rings is 2. The topological polar surface area (TPSA) is 52.9 Å². The van der Waals surface area contributed by atoms with Gasteiger partial charge < -0.3 is 18.8 Å². The van der Waals surface area contributed by atoms with Gasteiger partial charge in [-0.15, -0.1) is 0 Å². The summed E-state index contributed by atoms with van der Waals surface area (Å²) < 4.78 is 19.8. The van der Waals surface area contributed by atoms with Crippen molar-refractivity contribution in [3.63, 3.8) is 0 Å². The van der Waals surface area contributed by atoms with Gasteiger partial charge in [0.1, 0.15) is 23.7 Å². The van der Waals surface area contributed by atoms with Crippen molar-refractivity contribution < 1.29 is 14.2 Å². The highest BCUT2D eigenvalue weighted by Gasteiger charge is 2.35. The number of likely N-dealkylation sites (tertiary alicyclic amines) is 1. The van der Waals surface area contributed by atoms with Crippen molar-refractivity contribution in [1.29, 1.82) is 0 Å². The molecule has 0 N–H and O–H groups in total. The van der Waals surface area contributed by atoms with Crippen LogP contribution in [0.15, 0.2) is 65.6 Å². The number of hydrogen-bond donors (Lipinski definition) is 0. The van der Waals surface area contributed by atoms with Gasteiger partial charge in [-0.2, -0.15) is 0 Å². The van der Waals surface area contributed by atoms with Gasteiger partial charge in [0.15, 0.2) is 0 Å². The van der Waals surface area contributed by atoms with E-state index >= 15 is 0 Å². The zero-order valence-corrected chi connectivity index (χ0v) is 22.7. The van der Waals surface area contributed by atoms with E-state index < -0.39 is 0 Å². The smallest absolute Gasteiger partial charge is 0.250 e. The standard InChI is InChI=1S/C31H40N2O4/c1-24-6-12-29(26(3)20-24)37-23-31(35-4)14-17-32(18-15-31)22-27-8-10-28(11-9-27)36-19-5-16-33-21-25(2)7-13-30(33)34/h6-13,20-21H,5,14-19,22-23H2,1-4H3. The van der Waals surface area contributed by atoms with E-state index in [0.29, 0.717) is 19.8 Å². The van der Waals surface area contributed by atoms with Crippen LogP contribution in [0.2, 0.25) is 0 Å². The quantitative estimate of drug-likeness (QED) is 0.332. The molecule has 37 heavy (non-hydrogen) atoms. The summed E-state index contributed by atoms with van der Waals surface area (Å²) in [7, 11) is 1.80. The molecule has 1 aliphatic rings. The van der Waals surface area contributed by atoms with Crippen LogP contribution in [0.25, 0.3) is 0 Å². The highest BCUT2D eigenvalue weighted by atomic mass is 16.5. The molecule has 1 fully saturated rings. The first kappa shape index (κ1) is 27.0. The zero-order chi connectivity index (χ0) is 26.3. The Hall–Kier alpha value is -3.09. The largest absolute Gasteiger partial charge is 0.494 e. The molecule has 0 atom stereocenters. The van der Waals surface area contributed by atoms with E-state index in [-0.39, 0.29) is 11.2 Å². The predicted octanol–water partition coefficient (Wildman–Crippen LogP) is 5.30. The Kier molecular flexibility index (Phi) is 9.06. The number of aryl methyl sites for hydroxylation is 4. The minimum atomic E-state index is -0.241. The molecule has 1 saturated heterocycles. The number of aromatic nitrogens is 1. The number of ether oxygens (including phenoxy) is 3. The second kappa shape index (κ2) is 12.4. The molecule has 1 aromatic heterocycles. The van der Waals surface area contributed by atoms with E-state index in [1.54, 1.807) is 17.7 Å². The molecule has 0 unspecified atom stereocenters. The molecule has 0 bridgehead atoms. The number of rotatable bonds is 11. The zero-order valence-electron chi connectivity index (χ0n) is 22.7. The summed E-state index contributed by atoms with van der Waals surface area (Å²) in [5.74, 6) is 1.80. The van der Waals surface area contributed by atoms with Crippen LogP contribution in [0, 0.1) is 20.8 Å². The molecule has 4 rings (SSSR count). The van der Waals surface area contributed by atoms with E-state index in [2.05, 4.69) is 49.1 Å². The summed E-state index contributed by atoms with van der Waals surface area (Å²) in [6, 6.07) is 18.1. The summed E-state index contributed by atoms with van der Waals surface area (Å²) in [5, 5.41) is 0. The Morgan fingerprint density at radius 3 is 2.32 bits per heavy atom. The summed E-state index contributed by atoms with van der Waals surface area (Å²) in [6.45, 7) is 10.9. The third-order valence-corrected chi connectivity index (χ3v) is 7.29. The van der Waals surface area contributed by atoms with Gasteiger partial charge in [0.05, 0.1) is 6.61 Å². The van der Waals surface area contributed by atoms with Gasteiger partial charge in [-0.1, -0.05) is 35.9 Å². The number of piperidine rings is 1. The summed E-state index contributed by atoms with van der Waals surface area (Å²) >= 11 is 0. The molecule has 2 heterocycles. The average Bonchev–Trinajstić information content (AvgIpc) is 2.90. The Balaban J connectivity index is 1.20. The second-order valence-electron chi connectivity index (χ2n) is 10.3. The molecular formula is C31H40N2O4. The van der Waals surface area contributed by atoms with Crippen molar-refractivity contribution in [2.24, 2.45) is 0 Å². The minimum absolute atomic E-state index is 0.0318. The van der Waals surface area contributed by atoms with Crippen molar-refractivity contribution in [2.45, 2.75) is 58.7 Å². The summed E-state index contributed by atoms with van der Waals surface area (Å²) in [5.41, 5.74) is 4.56. The van der Waals surface area contributed by atoms with Gasteiger partial charge in [0, 0.05) is 45.6 Å². The Labute approximate surface area is 220 Å². The molecule has 0 spiro atoms. The van der Waals surface area contributed by atoms with Crippen LogP contribution in [0.4, 0.5) is 0 Å². The van der Waals surface area contributed by atoms with Crippen LogP contribution in [-0.2, 0) is 17.8 Å². The third-order valence-electron chi connectivity index (χ3n) is 7.29. The molecule has 0 radical (unpaired) electrons. The van der Waals surface area contributed by atoms with Gasteiger partial charge in [0.25, 0.3) is 5.56 Å². The number of methoxy groups -OCH3 is 1. The number of nitrogens with zero attached hydrogens (tertiary/aromatic N) is 2. The van der Waals surface area contributed by atoms with Crippen LogP contribution < -0.4 is 15.0 Å². The van der Waals surface area contributed by atoms with Crippen LogP contribution in [0.1, 0.15) is 41.5 Å². The molecule has 3 aromatic rings. The van der Waals surface area contributed by atoms with Crippen molar-refractivity contribution in [3.05, 3.63) is 93.4 Å². The van der Waals surface area contributed by atoms with Crippen LogP contribution in [0.5, 0.6) is 11.5 Å². The first-order valence-electron chi connectivity index (χ1n) is 13.2. The number of pyridine rings is 1. The molecule has 6 heteroatoms. The second-order valence-corrected chi connectivity index (χ2v) is 10.3. The maximum Gasteiger partial charge on any atom is 0.250 e. The monoisotopic (exact) mass is 504 g/mol. The van der Waals surface area contributed by atoms with Crippen molar-refractivity contribution >= 4 is 0 Å². The summed E-state index contributed by atoms with van der Waals surface area (Å²) in [4.78, 5) is 14.4. The molecule has 0 saturated carbocycles. The fourth-order valence-electron chi connectivity index (χ4n) is 4.90. The number of hydrogen-bond acceptors (Lipinski definition) is 5. The maximum atomic E-state index is 11.9. The highest BCUT2D eigenvalue weighted by Crippen LogP contribution is 2.29. The van der Waals surface area contributed by atoms with E-state index in [1.165, 1.54) is 11.1 Å². The van der Waals surface area contributed by atoms with Gasteiger partial charge in [-0.05, 0) is 74.9 Å². The fourth-order valence-corrected chi connectivity index (χ4v) is 4.90.